The minimum atomic E-state index is -0.487. The van der Waals surface area contributed by atoms with Gasteiger partial charge in [0.1, 0.15) is 0 Å². The van der Waals surface area contributed by atoms with Crippen molar-refractivity contribution < 1.29 is 5.11 Å². The summed E-state index contributed by atoms with van der Waals surface area (Å²) in [5.41, 5.74) is 5.36. The van der Waals surface area contributed by atoms with Gasteiger partial charge in [0.05, 0.1) is 18.7 Å². The van der Waals surface area contributed by atoms with Gasteiger partial charge in [-0.3, -0.25) is 9.89 Å². The molecule has 6 heteroatoms. The zero-order valence-corrected chi connectivity index (χ0v) is 20.1. The molecule has 2 aromatic carbocycles. The Bertz CT molecular complexity index is 924. The van der Waals surface area contributed by atoms with Gasteiger partial charge in [0.15, 0.2) is 5.96 Å². The summed E-state index contributed by atoms with van der Waals surface area (Å²) >= 11 is 0. The van der Waals surface area contributed by atoms with Crippen molar-refractivity contribution >= 4 is 11.6 Å². The highest BCUT2D eigenvalue weighted by atomic mass is 16.3. The van der Waals surface area contributed by atoms with Crippen molar-refractivity contribution in [3.63, 3.8) is 0 Å². The molecule has 33 heavy (non-hydrogen) atoms. The zero-order chi connectivity index (χ0) is 23.0. The quantitative estimate of drug-likeness (QED) is 0.426. The molecule has 0 amide bonds. The highest BCUT2D eigenvalue weighted by Crippen LogP contribution is 2.24. The summed E-state index contributed by atoms with van der Waals surface area (Å²) in [6, 6.07) is 17.5. The molecular weight excluding hydrogens is 410 g/mol. The maximum atomic E-state index is 10.7. The number of hydrogen-bond donors (Lipinski definition) is 3. The molecule has 1 fully saturated rings. The van der Waals surface area contributed by atoms with Gasteiger partial charge in [-0.15, -0.1) is 0 Å². The Labute approximate surface area is 198 Å². The van der Waals surface area contributed by atoms with Gasteiger partial charge in [-0.1, -0.05) is 36.4 Å². The summed E-state index contributed by atoms with van der Waals surface area (Å²) in [5, 5.41) is 17.5. The molecule has 178 valence electrons. The van der Waals surface area contributed by atoms with Crippen molar-refractivity contribution in [2.75, 3.05) is 44.2 Å². The fourth-order valence-electron chi connectivity index (χ4n) is 4.84. The van der Waals surface area contributed by atoms with Crippen LogP contribution in [0.1, 0.15) is 49.4 Å². The summed E-state index contributed by atoms with van der Waals surface area (Å²) in [6.07, 6.45) is 3.12. The molecule has 2 heterocycles. The molecule has 4 rings (SSSR count). The molecule has 6 nitrogen and oxygen atoms in total. The Hall–Kier alpha value is -2.57. The number of hydrogen-bond acceptors (Lipinski definition) is 4. The molecule has 2 atom stereocenters. The van der Waals surface area contributed by atoms with Crippen LogP contribution in [-0.2, 0) is 13.0 Å². The Kier molecular flexibility index (Phi) is 8.24. The summed E-state index contributed by atoms with van der Waals surface area (Å²) < 4.78 is 0. The lowest BCUT2D eigenvalue weighted by Crippen LogP contribution is -2.41. The molecule has 0 bridgehead atoms. The maximum Gasteiger partial charge on any atom is 0.191 e. The fraction of sp³-hybridized carbons (Fsp3) is 0.519. The third-order valence-electron chi connectivity index (χ3n) is 6.68. The van der Waals surface area contributed by atoms with Crippen molar-refractivity contribution in [1.82, 2.24) is 15.5 Å². The number of nitrogens with one attached hydrogen (secondary N) is 2. The maximum absolute atomic E-state index is 10.7. The van der Waals surface area contributed by atoms with Gasteiger partial charge in [0, 0.05) is 45.0 Å². The first-order valence-corrected chi connectivity index (χ1v) is 12.5. The van der Waals surface area contributed by atoms with Gasteiger partial charge in [-0.2, -0.15) is 0 Å². The van der Waals surface area contributed by atoms with Gasteiger partial charge in [-0.05, 0) is 61.9 Å². The zero-order valence-electron chi connectivity index (χ0n) is 20.1. The summed E-state index contributed by atoms with van der Waals surface area (Å²) in [5.74, 6) is 0.750. The molecule has 2 unspecified atom stereocenters. The second-order valence-electron chi connectivity index (χ2n) is 9.28. The van der Waals surface area contributed by atoms with Gasteiger partial charge in [0.25, 0.3) is 0 Å². The van der Waals surface area contributed by atoms with Crippen LogP contribution < -0.4 is 15.5 Å². The van der Waals surface area contributed by atoms with Crippen LogP contribution in [0.25, 0.3) is 0 Å². The number of benzene rings is 2. The predicted molar refractivity (Wildman–Crippen MR) is 137 cm³/mol. The first-order valence-electron chi connectivity index (χ1n) is 12.5. The fourth-order valence-corrected chi connectivity index (χ4v) is 4.84. The van der Waals surface area contributed by atoms with Crippen molar-refractivity contribution in [3.8, 4) is 0 Å². The number of fused-ring (bicyclic) bond motifs is 1. The number of guanidine groups is 1. The van der Waals surface area contributed by atoms with Gasteiger partial charge in [0.2, 0.25) is 0 Å². The lowest BCUT2D eigenvalue weighted by atomic mass is 10.00. The van der Waals surface area contributed by atoms with Crippen LogP contribution in [0.4, 0.5) is 5.69 Å². The first-order chi connectivity index (χ1) is 16.1. The van der Waals surface area contributed by atoms with E-state index >= 15 is 0 Å². The van der Waals surface area contributed by atoms with Gasteiger partial charge >= 0.3 is 0 Å². The molecular formula is C27H39N5O. The number of anilines is 1. The highest BCUT2D eigenvalue weighted by molar-refractivity contribution is 5.80. The summed E-state index contributed by atoms with van der Waals surface area (Å²) in [6.45, 7) is 10.2. The minimum absolute atomic E-state index is 0.126. The van der Waals surface area contributed by atoms with Crippen LogP contribution in [0.5, 0.6) is 0 Å². The van der Waals surface area contributed by atoms with E-state index in [-0.39, 0.29) is 6.04 Å². The van der Waals surface area contributed by atoms with Crippen molar-refractivity contribution in [2.45, 2.75) is 51.8 Å². The Morgan fingerprint density at radius 3 is 2.64 bits per heavy atom. The van der Waals surface area contributed by atoms with E-state index in [4.69, 9.17) is 4.99 Å². The van der Waals surface area contributed by atoms with E-state index in [1.165, 1.54) is 35.2 Å². The number of rotatable bonds is 8. The average molecular weight is 450 g/mol. The SMILES string of the molecule is CCNC(=NCC(O)CN1CCc2ccccc2C1)NC(C)c1cccc(N2CCCC2)c1. The number of aliphatic hydroxyl groups is 1. The monoisotopic (exact) mass is 449 g/mol. The van der Waals surface area contributed by atoms with Crippen molar-refractivity contribution in [1.29, 1.82) is 0 Å². The number of β-amino-alcohol motifs (C(OH)–C–C–N with tert-alkyl or cyclic N) is 1. The van der Waals surface area contributed by atoms with Gasteiger partial charge < -0.3 is 20.6 Å². The summed E-state index contributed by atoms with van der Waals surface area (Å²) in [4.78, 5) is 9.49. The molecule has 0 aliphatic carbocycles. The molecule has 0 saturated carbocycles. The molecule has 1 saturated heterocycles. The second-order valence-corrected chi connectivity index (χ2v) is 9.28. The molecule has 2 aliphatic heterocycles. The first kappa shape index (κ1) is 23.6. The predicted octanol–water partition coefficient (Wildman–Crippen LogP) is 3.32. The number of aliphatic hydroxyl groups excluding tert-OH is 1. The van der Waals surface area contributed by atoms with E-state index < -0.39 is 6.10 Å². The van der Waals surface area contributed by atoms with Crippen LogP contribution in [0.3, 0.4) is 0 Å². The van der Waals surface area contributed by atoms with E-state index in [0.29, 0.717) is 13.1 Å². The second kappa shape index (κ2) is 11.5. The van der Waals surface area contributed by atoms with E-state index in [1.54, 1.807) is 0 Å². The third-order valence-corrected chi connectivity index (χ3v) is 6.68. The topological polar surface area (TPSA) is 63.1 Å². The van der Waals surface area contributed by atoms with E-state index in [2.05, 4.69) is 82.8 Å². The summed E-state index contributed by atoms with van der Waals surface area (Å²) in [7, 11) is 0. The molecule has 0 radical (unpaired) electrons. The van der Waals surface area contributed by atoms with E-state index in [9.17, 15) is 5.11 Å². The van der Waals surface area contributed by atoms with Gasteiger partial charge in [-0.25, -0.2) is 0 Å². The smallest absolute Gasteiger partial charge is 0.191 e. The lowest BCUT2D eigenvalue weighted by molar-refractivity contribution is 0.111. The van der Waals surface area contributed by atoms with E-state index in [0.717, 1.165) is 45.1 Å². The van der Waals surface area contributed by atoms with Crippen molar-refractivity contribution in [3.05, 3.63) is 65.2 Å². The lowest BCUT2D eigenvalue weighted by Gasteiger charge is -2.30. The van der Waals surface area contributed by atoms with Crippen LogP contribution >= 0.6 is 0 Å². The Balaban J connectivity index is 1.32. The highest BCUT2D eigenvalue weighted by Gasteiger charge is 2.19. The van der Waals surface area contributed by atoms with Crippen LogP contribution in [0.15, 0.2) is 53.5 Å². The molecule has 0 spiro atoms. The Morgan fingerprint density at radius 2 is 1.85 bits per heavy atom. The average Bonchev–Trinajstić information content (AvgIpc) is 3.38. The van der Waals surface area contributed by atoms with Crippen LogP contribution in [0.2, 0.25) is 0 Å². The minimum Gasteiger partial charge on any atom is -0.390 e. The standard InChI is InChI=1S/C27H39N5O/c1-3-28-27(30-21(2)23-11-8-12-25(17-23)32-14-6-7-15-32)29-18-26(33)20-31-16-13-22-9-4-5-10-24(22)19-31/h4-5,8-12,17,21,26,33H,3,6-7,13-16,18-20H2,1-2H3,(H2,28,29,30). The molecule has 0 aromatic heterocycles. The van der Waals surface area contributed by atoms with Crippen molar-refractivity contribution in [2.24, 2.45) is 4.99 Å². The number of nitrogens with zero attached hydrogens (tertiary/aromatic N) is 3. The van der Waals surface area contributed by atoms with E-state index in [1.807, 2.05) is 0 Å². The Morgan fingerprint density at radius 1 is 1.06 bits per heavy atom. The largest absolute Gasteiger partial charge is 0.390 e. The number of aliphatic imine (C=N–C) groups is 1. The third kappa shape index (κ3) is 6.49. The van der Waals surface area contributed by atoms with Crippen LogP contribution in [0, 0.1) is 0 Å². The normalized spacial score (nSPS) is 18.6. The molecule has 3 N–H and O–H groups in total. The van der Waals surface area contributed by atoms with Crippen LogP contribution in [-0.4, -0.2) is 61.3 Å². The molecule has 2 aliphatic rings. The molecule has 2 aromatic rings.